The lowest BCUT2D eigenvalue weighted by Crippen LogP contribution is -2.31. The zero-order chi connectivity index (χ0) is 14.1. The molecular formula is C14H19BrO3. The highest BCUT2D eigenvalue weighted by molar-refractivity contribution is 9.10. The first-order valence-electron chi connectivity index (χ1n) is 5.79. The molecule has 100 valence electrons. The van der Waals surface area contributed by atoms with E-state index >= 15 is 0 Å². The summed E-state index contributed by atoms with van der Waals surface area (Å²) >= 11 is 3.50. The Bertz CT molecular complexity index is 478. The van der Waals surface area contributed by atoms with E-state index in [1.807, 2.05) is 26.8 Å². The van der Waals surface area contributed by atoms with Crippen LogP contribution in [0.2, 0.25) is 0 Å². The zero-order valence-electron chi connectivity index (χ0n) is 11.4. The highest BCUT2D eigenvalue weighted by atomic mass is 79.9. The fraction of sp³-hybridized carbons (Fsp3) is 0.500. The quantitative estimate of drug-likeness (QED) is 0.917. The van der Waals surface area contributed by atoms with Gasteiger partial charge in [0.25, 0.3) is 0 Å². The maximum Gasteiger partial charge on any atom is 0.312 e. The van der Waals surface area contributed by atoms with Crippen LogP contribution in [0.15, 0.2) is 10.5 Å². The summed E-state index contributed by atoms with van der Waals surface area (Å²) in [6, 6.07) is 1.99. The van der Waals surface area contributed by atoms with Crippen LogP contribution in [-0.2, 0) is 4.79 Å². The second-order valence-electron chi connectivity index (χ2n) is 5.23. The van der Waals surface area contributed by atoms with Crippen LogP contribution in [0, 0.1) is 26.2 Å². The number of hydrogen-bond acceptors (Lipinski definition) is 2. The average molecular weight is 315 g/mol. The molecule has 0 aliphatic rings. The topological polar surface area (TPSA) is 46.5 Å². The molecule has 0 saturated carbocycles. The van der Waals surface area contributed by atoms with Gasteiger partial charge < -0.3 is 9.84 Å². The van der Waals surface area contributed by atoms with Crippen LogP contribution in [0.5, 0.6) is 5.75 Å². The summed E-state index contributed by atoms with van der Waals surface area (Å²) in [5.74, 6) is -0.0725. The van der Waals surface area contributed by atoms with Crippen molar-refractivity contribution in [3.05, 3.63) is 27.2 Å². The van der Waals surface area contributed by atoms with Gasteiger partial charge in [-0.3, -0.25) is 4.79 Å². The number of carboxylic acids is 1. The number of aliphatic carboxylic acids is 1. The van der Waals surface area contributed by atoms with Crippen LogP contribution in [0.1, 0.15) is 30.5 Å². The molecule has 0 aromatic heterocycles. The summed E-state index contributed by atoms with van der Waals surface area (Å²) in [4.78, 5) is 11.0. The minimum Gasteiger partial charge on any atom is -0.492 e. The number of carboxylic acid groups (broad SMARTS) is 1. The Labute approximate surface area is 116 Å². The molecule has 0 heterocycles. The molecule has 1 aromatic rings. The van der Waals surface area contributed by atoms with Crippen LogP contribution in [0.4, 0.5) is 0 Å². The molecule has 0 atom stereocenters. The van der Waals surface area contributed by atoms with E-state index in [4.69, 9.17) is 9.84 Å². The normalized spacial score (nSPS) is 11.4. The summed E-state index contributed by atoms with van der Waals surface area (Å²) < 4.78 is 6.77. The van der Waals surface area contributed by atoms with Gasteiger partial charge in [0.1, 0.15) is 12.4 Å². The number of hydrogen-bond donors (Lipinski definition) is 1. The number of halogens is 1. The van der Waals surface area contributed by atoms with Gasteiger partial charge in [0.15, 0.2) is 0 Å². The molecule has 0 amide bonds. The fourth-order valence-electron chi connectivity index (χ4n) is 1.55. The second-order valence-corrected chi connectivity index (χ2v) is 6.09. The van der Waals surface area contributed by atoms with Crippen molar-refractivity contribution in [2.75, 3.05) is 6.61 Å². The third-order valence-electron chi connectivity index (χ3n) is 3.12. The number of carbonyl (C=O) groups is 1. The van der Waals surface area contributed by atoms with Crippen molar-refractivity contribution in [3.63, 3.8) is 0 Å². The average Bonchev–Trinajstić information content (AvgIpc) is 2.25. The van der Waals surface area contributed by atoms with Gasteiger partial charge in [0.05, 0.1) is 5.41 Å². The molecule has 1 aromatic carbocycles. The van der Waals surface area contributed by atoms with E-state index in [1.54, 1.807) is 13.8 Å². The molecule has 18 heavy (non-hydrogen) atoms. The van der Waals surface area contributed by atoms with Crippen LogP contribution < -0.4 is 4.74 Å². The lowest BCUT2D eigenvalue weighted by atomic mass is 9.95. The van der Waals surface area contributed by atoms with Crippen molar-refractivity contribution in [3.8, 4) is 5.75 Å². The van der Waals surface area contributed by atoms with Crippen molar-refractivity contribution in [1.82, 2.24) is 0 Å². The van der Waals surface area contributed by atoms with Gasteiger partial charge in [-0.1, -0.05) is 15.9 Å². The number of ether oxygens (including phenoxy) is 1. The molecule has 0 aliphatic heterocycles. The van der Waals surface area contributed by atoms with E-state index < -0.39 is 11.4 Å². The minimum absolute atomic E-state index is 0.158. The summed E-state index contributed by atoms with van der Waals surface area (Å²) in [7, 11) is 0. The van der Waals surface area contributed by atoms with Crippen molar-refractivity contribution in [1.29, 1.82) is 0 Å². The largest absolute Gasteiger partial charge is 0.492 e. The van der Waals surface area contributed by atoms with E-state index in [-0.39, 0.29) is 6.61 Å². The molecule has 1 N–H and O–H groups in total. The van der Waals surface area contributed by atoms with Gasteiger partial charge in [0, 0.05) is 4.47 Å². The standard InChI is InChI=1S/C14H19BrO3/c1-8-6-11(15)9(2)10(3)12(8)18-7-14(4,5)13(16)17/h6H,7H2,1-5H3,(H,16,17). The van der Waals surface area contributed by atoms with Crippen LogP contribution >= 0.6 is 15.9 Å². The fourth-order valence-corrected chi connectivity index (χ4v) is 2.19. The number of benzene rings is 1. The number of aryl methyl sites for hydroxylation is 1. The molecule has 0 fully saturated rings. The molecule has 1 rings (SSSR count). The SMILES string of the molecule is Cc1cc(Br)c(C)c(C)c1OCC(C)(C)C(=O)O. The summed E-state index contributed by atoms with van der Waals surface area (Å²) in [5, 5.41) is 9.07. The summed E-state index contributed by atoms with van der Waals surface area (Å²) in [5.41, 5.74) is 2.28. The Morgan fingerprint density at radius 3 is 2.39 bits per heavy atom. The van der Waals surface area contributed by atoms with Crippen molar-refractivity contribution >= 4 is 21.9 Å². The Kier molecular flexibility index (Phi) is 4.43. The van der Waals surface area contributed by atoms with Crippen LogP contribution in [0.3, 0.4) is 0 Å². The van der Waals surface area contributed by atoms with E-state index in [9.17, 15) is 4.79 Å². The molecule has 4 heteroatoms. The van der Waals surface area contributed by atoms with Crippen LogP contribution in [0.25, 0.3) is 0 Å². The molecule has 0 unspecified atom stereocenters. The summed E-state index contributed by atoms with van der Waals surface area (Å²) in [6.07, 6.45) is 0. The highest BCUT2D eigenvalue weighted by Crippen LogP contribution is 2.32. The van der Waals surface area contributed by atoms with E-state index in [1.165, 1.54) is 0 Å². The second kappa shape index (κ2) is 5.31. The Hall–Kier alpha value is -1.03. The first kappa shape index (κ1) is 15.0. The third-order valence-corrected chi connectivity index (χ3v) is 3.94. The molecule has 0 aliphatic carbocycles. The van der Waals surface area contributed by atoms with Gasteiger partial charge >= 0.3 is 5.97 Å². The van der Waals surface area contributed by atoms with Crippen molar-refractivity contribution in [2.24, 2.45) is 5.41 Å². The molecular weight excluding hydrogens is 296 g/mol. The van der Waals surface area contributed by atoms with E-state index in [2.05, 4.69) is 15.9 Å². The molecule has 0 saturated heterocycles. The Balaban J connectivity index is 3.00. The van der Waals surface area contributed by atoms with Gasteiger partial charge in [0.2, 0.25) is 0 Å². The monoisotopic (exact) mass is 314 g/mol. The smallest absolute Gasteiger partial charge is 0.312 e. The minimum atomic E-state index is -0.889. The molecule has 3 nitrogen and oxygen atoms in total. The lowest BCUT2D eigenvalue weighted by Gasteiger charge is -2.22. The predicted molar refractivity (Wildman–Crippen MR) is 75.3 cm³/mol. The molecule has 0 spiro atoms. The van der Waals surface area contributed by atoms with Gasteiger partial charge in [-0.15, -0.1) is 0 Å². The molecule has 0 radical (unpaired) electrons. The van der Waals surface area contributed by atoms with Crippen LogP contribution in [-0.4, -0.2) is 17.7 Å². The highest BCUT2D eigenvalue weighted by Gasteiger charge is 2.28. The Morgan fingerprint density at radius 2 is 1.89 bits per heavy atom. The zero-order valence-corrected chi connectivity index (χ0v) is 13.0. The number of rotatable bonds is 4. The van der Waals surface area contributed by atoms with E-state index in [0.29, 0.717) is 0 Å². The Morgan fingerprint density at radius 1 is 1.33 bits per heavy atom. The lowest BCUT2D eigenvalue weighted by molar-refractivity contribution is -0.148. The van der Waals surface area contributed by atoms with Crippen molar-refractivity contribution < 1.29 is 14.6 Å². The summed E-state index contributed by atoms with van der Waals surface area (Å²) in [6.45, 7) is 9.42. The third kappa shape index (κ3) is 3.05. The van der Waals surface area contributed by atoms with Gasteiger partial charge in [-0.25, -0.2) is 0 Å². The van der Waals surface area contributed by atoms with E-state index in [0.717, 1.165) is 26.9 Å². The first-order chi connectivity index (χ1) is 8.16. The van der Waals surface area contributed by atoms with Crippen molar-refractivity contribution in [2.45, 2.75) is 34.6 Å². The van der Waals surface area contributed by atoms with Gasteiger partial charge in [-0.05, 0) is 57.4 Å². The predicted octanol–water partition coefficient (Wildman–Crippen LogP) is 3.86. The molecule has 0 bridgehead atoms. The maximum absolute atomic E-state index is 11.0. The first-order valence-corrected chi connectivity index (χ1v) is 6.58. The van der Waals surface area contributed by atoms with Gasteiger partial charge in [-0.2, -0.15) is 0 Å². The maximum atomic E-state index is 11.0.